The van der Waals surface area contributed by atoms with Crippen molar-refractivity contribution in [2.45, 2.75) is 0 Å². The predicted octanol–water partition coefficient (Wildman–Crippen LogP) is 14.2. The number of hydrogen-bond acceptors (Lipinski definition) is 1. The van der Waals surface area contributed by atoms with Gasteiger partial charge >= 0.3 is 0 Å². The molecule has 10 aromatic rings. The first-order chi connectivity index (χ1) is 27.4. The second-order valence-corrected chi connectivity index (χ2v) is 12.8. The van der Waals surface area contributed by atoms with Crippen molar-refractivity contribution in [3.8, 4) is 55.6 Å². The van der Waals surface area contributed by atoms with Gasteiger partial charge in [0.2, 0.25) is 0 Å². The van der Waals surface area contributed by atoms with Gasteiger partial charge in [-0.25, -0.2) is 0 Å². The van der Waals surface area contributed by atoms with Crippen LogP contribution in [0.2, 0.25) is 0 Å². The number of benzene rings is 9. The van der Waals surface area contributed by atoms with Crippen molar-refractivity contribution in [1.82, 2.24) is 0 Å². The summed E-state index contributed by atoms with van der Waals surface area (Å²) in [5, 5.41) is 5.40. The zero-order chi connectivity index (χ0) is 38.1. The van der Waals surface area contributed by atoms with Gasteiger partial charge in [-0.15, -0.1) is 0 Å². The molecule has 9 aromatic carbocycles. The van der Waals surface area contributed by atoms with Crippen LogP contribution in [-0.2, 0) is 0 Å². The molecule has 0 saturated carbocycles. The highest BCUT2D eigenvalue weighted by Crippen LogP contribution is 2.48. The van der Waals surface area contributed by atoms with Gasteiger partial charge in [-0.1, -0.05) is 164 Å². The van der Waals surface area contributed by atoms with Gasteiger partial charge in [-0.05, 0) is 108 Å². The minimum atomic E-state index is -0.409. The summed E-state index contributed by atoms with van der Waals surface area (Å²) < 4.78 is 50.0. The lowest BCUT2D eigenvalue weighted by molar-refractivity contribution is 0.669. The second-order valence-electron chi connectivity index (χ2n) is 12.8. The van der Waals surface area contributed by atoms with Crippen molar-refractivity contribution in [1.29, 1.82) is 0 Å². The standard InChI is InChI=1S/C50H32O/c1-4-16-33(17-5-1)36-30-37(34-18-6-2-7-19-34)32-38(31-36)39-26-14-28-45-49(39)50-44(27-15-29-46(50)51-45)48-42-24-12-10-22-40(42)47(35-20-8-3-9-21-35)41-23-11-13-25-43(41)48/h1-32H/i3D,8D,9D,20D,21D. The first kappa shape index (κ1) is 24.4. The van der Waals surface area contributed by atoms with E-state index in [0.29, 0.717) is 5.56 Å². The third-order valence-corrected chi connectivity index (χ3v) is 9.93. The van der Waals surface area contributed by atoms with Gasteiger partial charge in [0.15, 0.2) is 0 Å². The van der Waals surface area contributed by atoms with Crippen LogP contribution in [0.3, 0.4) is 0 Å². The molecule has 238 valence electrons. The maximum Gasteiger partial charge on any atom is 0.136 e. The van der Waals surface area contributed by atoms with Crippen LogP contribution in [-0.4, -0.2) is 0 Å². The molecule has 0 unspecified atom stereocenters. The largest absolute Gasteiger partial charge is 0.456 e. The predicted molar refractivity (Wildman–Crippen MR) is 216 cm³/mol. The molecule has 0 radical (unpaired) electrons. The molecule has 51 heavy (non-hydrogen) atoms. The molecule has 0 spiro atoms. The van der Waals surface area contributed by atoms with Crippen molar-refractivity contribution < 1.29 is 11.3 Å². The van der Waals surface area contributed by atoms with Gasteiger partial charge in [-0.2, -0.15) is 0 Å². The smallest absolute Gasteiger partial charge is 0.136 e. The minimum absolute atomic E-state index is 0.191. The van der Waals surface area contributed by atoms with E-state index in [1.165, 1.54) is 0 Å². The Bertz CT molecular complexity index is 3040. The van der Waals surface area contributed by atoms with Crippen LogP contribution in [0.4, 0.5) is 0 Å². The Hall–Kier alpha value is -6.70. The highest BCUT2D eigenvalue weighted by Gasteiger charge is 2.22. The Morgan fingerprint density at radius 3 is 1.33 bits per heavy atom. The van der Waals surface area contributed by atoms with Crippen molar-refractivity contribution in [2.75, 3.05) is 0 Å². The molecular weight excluding hydrogens is 617 g/mol. The Morgan fingerprint density at radius 1 is 0.333 bits per heavy atom. The molecule has 0 fully saturated rings. The Kier molecular flexibility index (Phi) is 5.76. The summed E-state index contributed by atoms with van der Waals surface area (Å²) in [7, 11) is 0. The number of hydrogen-bond donors (Lipinski definition) is 0. The quantitative estimate of drug-likeness (QED) is 0.169. The summed E-state index contributed by atoms with van der Waals surface area (Å²) in [5.41, 5.74) is 10.9. The van der Waals surface area contributed by atoms with Gasteiger partial charge in [0.05, 0.1) is 6.85 Å². The summed E-state index contributed by atoms with van der Waals surface area (Å²) in [6.45, 7) is 0. The fraction of sp³-hybridized carbons (Fsp3) is 0. The zero-order valence-corrected chi connectivity index (χ0v) is 27.5. The molecule has 0 amide bonds. The van der Waals surface area contributed by atoms with Crippen LogP contribution in [0.1, 0.15) is 6.85 Å². The summed E-state index contributed by atoms with van der Waals surface area (Å²) in [6, 6.07) is 54.5. The molecular formula is C50H32O. The van der Waals surface area contributed by atoms with Gasteiger partial charge in [0.25, 0.3) is 0 Å². The van der Waals surface area contributed by atoms with E-state index in [0.717, 1.165) is 88.0 Å². The third kappa shape index (κ3) is 4.86. The Balaban J connectivity index is 1.31. The average molecular weight is 654 g/mol. The van der Waals surface area contributed by atoms with E-state index in [9.17, 15) is 0 Å². The monoisotopic (exact) mass is 653 g/mol. The first-order valence-corrected chi connectivity index (χ1v) is 17.1. The van der Waals surface area contributed by atoms with Crippen LogP contribution >= 0.6 is 0 Å². The third-order valence-electron chi connectivity index (χ3n) is 9.93. The van der Waals surface area contributed by atoms with Gasteiger partial charge in [0.1, 0.15) is 11.2 Å². The lowest BCUT2D eigenvalue weighted by Crippen LogP contribution is -1.91. The van der Waals surface area contributed by atoms with E-state index >= 15 is 0 Å². The SMILES string of the molecule is [2H]c1c([2H])c([2H])c(-c2c3ccccc3c(-c3cccc4oc5cccc(-c6cc(-c7ccccc7)cc(-c7ccccc7)c6)c5c34)c3ccccc23)c([2H])c1[2H]. The summed E-state index contributed by atoms with van der Waals surface area (Å²) in [6.07, 6.45) is 0. The fourth-order valence-electron chi connectivity index (χ4n) is 7.76. The van der Waals surface area contributed by atoms with Crippen LogP contribution in [0, 0.1) is 0 Å². The van der Waals surface area contributed by atoms with Crippen LogP contribution in [0.5, 0.6) is 0 Å². The topological polar surface area (TPSA) is 13.1 Å². The van der Waals surface area contributed by atoms with Gasteiger partial charge in [-0.3, -0.25) is 0 Å². The van der Waals surface area contributed by atoms with Crippen molar-refractivity contribution >= 4 is 43.5 Å². The summed E-state index contributed by atoms with van der Waals surface area (Å²) in [4.78, 5) is 0. The molecule has 0 atom stereocenters. The zero-order valence-electron chi connectivity index (χ0n) is 32.5. The maximum absolute atomic E-state index is 8.98. The van der Waals surface area contributed by atoms with E-state index in [1.807, 2.05) is 66.7 Å². The molecule has 1 heteroatoms. The van der Waals surface area contributed by atoms with E-state index in [2.05, 4.69) is 97.1 Å². The molecule has 10 rings (SSSR count). The molecule has 0 aliphatic heterocycles. The number of rotatable bonds is 5. The maximum atomic E-state index is 8.98. The van der Waals surface area contributed by atoms with Crippen molar-refractivity contribution in [2.24, 2.45) is 0 Å². The van der Waals surface area contributed by atoms with Crippen molar-refractivity contribution in [3.05, 3.63) is 194 Å². The van der Waals surface area contributed by atoms with Crippen molar-refractivity contribution in [3.63, 3.8) is 0 Å². The van der Waals surface area contributed by atoms with Crippen LogP contribution in [0.25, 0.3) is 99.1 Å². The molecule has 1 nitrogen and oxygen atoms in total. The summed E-state index contributed by atoms with van der Waals surface area (Å²) in [5.74, 6) is 0. The molecule has 0 N–H and O–H groups in total. The average Bonchev–Trinajstić information content (AvgIpc) is 3.65. The van der Waals surface area contributed by atoms with Gasteiger partial charge < -0.3 is 4.42 Å². The Labute approximate surface area is 303 Å². The second kappa shape index (κ2) is 12.0. The number of fused-ring (bicyclic) bond motifs is 5. The first-order valence-electron chi connectivity index (χ1n) is 19.6. The Morgan fingerprint density at radius 2 is 0.784 bits per heavy atom. The molecule has 0 aliphatic rings. The molecule has 1 aromatic heterocycles. The van der Waals surface area contributed by atoms with E-state index in [1.54, 1.807) is 0 Å². The summed E-state index contributed by atoms with van der Waals surface area (Å²) >= 11 is 0. The lowest BCUT2D eigenvalue weighted by Gasteiger charge is -2.18. The number of furan rings is 1. The highest BCUT2D eigenvalue weighted by molar-refractivity contribution is 6.27. The minimum Gasteiger partial charge on any atom is -0.456 e. The molecule has 0 aliphatic carbocycles. The highest BCUT2D eigenvalue weighted by atomic mass is 16.3. The van der Waals surface area contributed by atoms with E-state index in [-0.39, 0.29) is 29.7 Å². The van der Waals surface area contributed by atoms with E-state index < -0.39 is 6.04 Å². The molecule has 1 heterocycles. The normalized spacial score (nSPS) is 12.9. The van der Waals surface area contributed by atoms with Crippen LogP contribution < -0.4 is 0 Å². The molecule has 0 bridgehead atoms. The van der Waals surface area contributed by atoms with Gasteiger partial charge in [0, 0.05) is 10.8 Å². The van der Waals surface area contributed by atoms with E-state index in [4.69, 9.17) is 11.3 Å². The van der Waals surface area contributed by atoms with Crippen LogP contribution in [0.15, 0.2) is 198 Å². The molecule has 0 saturated heterocycles. The lowest BCUT2D eigenvalue weighted by atomic mass is 9.84. The fourth-order valence-corrected chi connectivity index (χ4v) is 7.76.